The van der Waals surface area contributed by atoms with Crippen LogP contribution < -0.4 is 0 Å². The third-order valence-electron chi connectivity index (χ3n) is 11.9. The van der Waals surface area contributed by atoms with Crippen LogP contribution in [0.2, 0.25) is 0 Å². The number of ether oxygens (including phenoxy) is 3. The Morgan fingerprint density at radius 3 is 2.46 bits per heavy atom. The number of fused-ring (bicyclic) bond motifs is 3. The summed E-state index contributed by atoms with van der Waals surface area (Å²) in [4.78, 5) is 40.2. The average molecular weight is 487 g/mol. The highest BCUT2D eigenvalue weighted by Crippen LogP contribution is 2.75. The minimum Gasteiger partial charge on any atom is -0.501 e. The van der Waals surface area contributed by atoms with Crippen molar-refractivity contribution in [2.75, 3.05) is 13.2 Å². The number of ketones is 2. The number of esters is 1. The summed E-state index contributed by atoms with van der Waals surface area (Å²) in [6.07, 6.45) is 5.57. The summed E-state index contributed by atoms with van der Waals surface area (Å²) in [7, 11) is 0. The predicted octanol–water partition coefficient (Wildman–Crippen LogP) is 3.23. The average Bonchev–Trinajstić information content (AvgIpc) is 3.39. The van der Waals surface area contributed by atoms with Crippen molar-refractivity contribution in [3.63, 3.8) is 0 Å². The highest BCUT2D eigenvalue weighted by Gasteiger charge is 2.81. The number of cyclic esters (lactones) is 1. The normalized spacial score (nSPS) is 54.3. The van der Waals surface area contributed by atoms with Crippen LogP contribution in [-0.4, -0.2) is 53.2 Å². The molecule has 0 radical (unpaired) electrons. The summed E-state index contributed by atoms with van der Waals surface area (Å²) < 4.78 is 17.8. The van der Waals surface area contributed by atoms with E-state index in [9.17, 15) is 19.5 Å². The van der Waals surface area contributed by atoms with Crippen molar-refractivity contribution >= 4 is 17.5 Å². The molecule has 1 spiro atoms. The monoisotopic (exact) mass is 486 g/mol. The van der Waals surface area contributed by atoms with Gasteiger partial charge in [0.1, 0.15) is 18.2 Å². The summed E-state index contributed by atoms with van der Waals surface area (Å²) in [6, 6.07) is 0. The van der Waals surface area contributed by atoms with Crippen LogP contribution in [0.15, 0.2) is 12.3 Å². The van der Waals surface area contributed by atoms with Crippen LogP contribution in [0.3, 0.4) is 0 Å². The number of Topliss-reactive ketones (excluding diaryl/α,β-unsaturated/α-hetero) is 2. The van der Waals surface area contributed by atoms with E-state index in [1.165, 1.54) is 0 Å². The molecule has 7 heteroatoms. The third kappa shape index (κ3) is 2.52. The second kappa shape index (κ2) is 6.97. The molecular weight excluding hydrogens is 448 g/mol. The van der Waals surface area contributed by atoms with Crippen molar-refractivity contribution in [2.24, 2.45) is 45.8 Å². The van der Waals surface area contributed by atoms with Crippen LogP contribution in [0, 0.1) is 45.8 Å². The second-order valence-electron chi connectivity index (χ2n) is 13.2. The summed E-state index contributed by atoms with van der Waals surface area (Å²) in [5.41, 5.74) is -4.44. The molecule has 5 unspecified atom stereocenters. The van der Waals surface area contributed by atoms with E-state index in [1.807, 2.05) is 33.8 Å². The molecule has 3 aliphatic heterocycles. The SMILES string of the molecule is C[C@@H]1C(=O)C[C@H](C2C=COC2)C2(C)CCC3[C@]45COC(=O)CC4OC(C)(C)C5CC(=O)[C@@]3(C)[C@@]12O. The quantitative estimate of drug-likeness (QED) is 0.568. The minimum absolute atomic E-state index is 0.0131. The molecule has 7 nitrogen and oxygen atoms in total. The summed E-state index contributed by atoms with van der Waals surface area (Å²) >= 11 is 0. The topological polar surface area (TPSA) is 99.1 Å². The van der Waals surface area contributed by atoms with Crippen LogP contribution >= 0.6 is 0 Å². The summed E-state index contributed by atoms with van der Waals surface area (Å²) in [5.74, 6) is -1.34. The molecule has 10 atom stereocenters. The van der Waals surface area contributed by atoms with Crippen LogP contribution in [-0.2, 0) is 28.6 Å². The van der Waals surface area contributed by atoms with Crippen molar-refractivity contribution in [1.82, 2.24) is 0 Å². The molecule has 0 aromatic heterocycles. The molecule has 35 heavy (non-hydrogen) atoms. The highest BCUT2D eigenvalue weighted by atomic mass is 16.6. The van der Waals surface area contributed by atoms with Crippen molar-refractivity contribution in [3.05, 3.63) is 12.3 Å². The van der Waals surface area contributed by atoms with Crippen molar-refractivity contribution in [3.8, 4) is 0 Å². The van der Waals surface area contributed by atoms with Crippen LogP contribution in [0.25, 0.3) is 0 Å². The molecule has 0 bridgehead atoms. The van der Waals surface area contributed by atoms with E-state index in [1.54, 1.807) is 6.26 Å². The fourth-order valence-electron chi connectivity index (χ4n) is 10.2. The lowest BCUT2D eigenvalue weighted by Gasteiger charge is -2.71. The Hall–Kier alpha value is -1.73. The van der Waals surface area contributed by atoms with Crippen molar-refractivity contribution in [2.45, 2.75) is 84.0 Å². The Bertz CT molecular complexity index is 1030. The molecule has 1 N–H and O–H groups in total. The first-order valence-corrected chi connectivity index (χ1v) is 13.2. The van der Waals surface area contributed by atoms with Gasteiger partial charge in [-0.15, -0.1) is 0 Å². The van der Waals surface area contributed by atoms with E-state index in [0.717, 1.165) is 6.42 Å². The molecule has 6 aliphatic rings. The molecule has 2 saturated heterocycles. The lowest BCUT2D eigenvalue weighted by molar-refractivity contribution is -0.289. The number of carbonyl (C=O) groups is 3. The number of hydrogen-bond donors (Lipinski definition) is 1. The van der Waals surface area contributed by atoms with Crippen LogP contribution in [0.5, 0.6) is 0 Å². The summed E-state index contributed by atoms with van der Waals surface area (Å²) in [5, 5.41) is 13.0. The fraction of sp³-hybridized carbons (Fsp3) is 0.821. The first-order valence-electron chi connectivity index (χ1n) is 13.2. The maximum absolute atomic E-state index is 14.3. The molecule has 0 aromatic carbocycles. The Labute approximate surface area is 206 Å². The number of carbonyl (C=O) groups excluding carboxylic acids is 3. The molecule has 3 saturated carbocycles. The van der Waals surface area contributed by atoms with Crippen molar-refractivity contribution < 1.29 is 33.7 Å². The Morgan fingerprint density at radius 2 is 1.77 bits per heavy atom. The van der Waals surface area contributed by atoms with Gasteiger partial charge in [-0.3, -0.25) is 14.4 Å². The van der Waals surface area contributed by atoms with Gasteiger partial charge in [0, 0.05) is 41.4 Å². The van der Waals surface area contributed by atoms with E-state index in [4.69, 9.17) is 14.2 Å². The molecule has 192 valence electrons. The van der Waals surface area contributed by atoms with Gasteiger partial charge in [-0.25, -0.2) is 0 Å². The zero-order chi connectivity index (χ0) is 25.2. The Balaban J connectivity index is 1.53. The van der Waals surface area contributed by atoms with Gasteiger partial charge in [-0.2, -0.15) is 0 Å². The predicted molar refractivity (Wildman–Crippen MR) is 125 cm³/mol. The van der Waals surface area contributed by atoms with Gasteiger partial charge in [0.05, 0.1) is 42.0 Å². The molecule has 0 aromatic rings. The summed E-state index contributed by atoms with van der Waals surface area (Å²) in [6.45, 7) is 10.5. The smallest absolute Gasteiger partial charge is 0.308 e. The van der Waals surface area contributed by atoms with Crippen LogP contribution in [0.1, 0.15) is 66.7 Å². The third-order valence-corrected chi connectivity index (χ3v) is 11.9. The Kier molecular flexibility index (Phi) is 4.71. The first-order chi connectivity index (χ1) is 16.3. The van der Waals surface area contributed by atoms with Gasteiger partial charge in [-0.1, -0.05) is 13.8 Å². The first kappa shape index (κ1) is 23.7. The second-order valence-corrected chi connectivity index (χ2v) is 13.2. The molecule has 3 aliphatic carbocycles. The fourth-order valence-corrected chi connectivity index (χ4v) is 10.2. The standard InChI is InChI=1S/C28H38O7/c1-15-18(29)10-17(16-7-9-33-13-16)25(4)8-6-19-26(5,28(15,25)32)21(30)11-20-24(2,3)35-22-12-23(31)34-14-27(19,20)22/h7,9,15-17,19-20,22,32H,6,8,10-14H2,1-5H3/t15-,16?,17-,19?,20?,22?,25?,26+,27+,28-/m1/s1. The van der Waals surface area contributed by atoms with E-state index < -0.39 is 33.4 Å². The van der Waals surface area contributed by atoms with Gasteiger partial charge >= 0.3 is 5.97 Å². The number of hydrogen-bond acceptors (Lipinski definition) is 7. The molecule has 5 fully saturated rings. The number of aliphatic hydroxyl groups is 1. The Morgan fingerprint density at radius 1 is 1.03 bits per heavy atom. The zero-order valence-corrected chi connectivity index (χ0v) is 21.5. The van der Waals surface area contributed by atoms with E-state index in [2.05, 4.69) is 6.92 Å². The largest absolute Gasteiger partial charge is 0.501 e. The van der Waals surface area contributed by atoms with Crippen LogP contribution in [0.4, 0.5) is 0 Å². The number of rotatable bonds is 1. The van der Waals surface area contributed by atoms with Gasteiger partial charge in [-0.05, 0) is 51.5 Å². The lowest BCUT2D eigenvalue weighted by Crippen LogP contribution is -2.79. The van der Waals surface area contributed by atoms with Gasteiger partial charge in [0.15, 0.2) is 0 Å². The zero-order valence-electron chi connectivity index (χ0n) is 21.5. The molecule has 6 rings (SSSR count). The van der Waals surface area contributed by atoms with E-state index in [-0.39, 0.29) is 66.8 Å². The maximum atomic E-state index is 14.3. The minimum atomic E-state index is -1.52. The van der Waals surface area contributed by atoms with Crippen molar-refractivity contribution in [1.29, 1.82) is 0 Å². The molecule has 0 amide bonds. The molecule has 3 heterocycles. The molecular formula is C28H38O7. The lowest BCUT2D eigenvalue weighted by atomic mass is 9.32. The van der Waals surface area contributed by atoms with Gasteiger partial charge in [0.2, 0.25) is 0 Å². The highest BCUT2D eigenvalue weighted by molar-refractivity contribution is 5.92. The van der Waals surface area contributed by atoms with Gasteiger partial charge < -0.3 is 19.3 Å². The van der Waals surface area contributed by atoms with E-state index in [0.29, 0.717) is 19.4 Å². The maximum Gasteiger partial charge on any atom is 0.308 e. The van der Waals surface area contributed by atoms with E-state index >= 15 is 0 Å². The van der Waals surface area contributed by atoms with Gasteiger partial charge in [0.25, 0.3) is 0 Å².